The maximum Gasteiger partial charge on any atom is 0.246 e. The second-order valence-corrected chi connectivity index (χ2v) is 19.0. The molecule has 0 aliphatic carbocycles. The molecule has 0 aromatic heterocycles. The number of phenols is 1. The summed E-state index contributed by atoms with van der Waals surface area (Å²) in [6.07, 6.45) is 0.414. The number of aliphatic imine (C=N–C) groups is 2. The van der Waals surface area contributed by atoms with Crippen LogP contribution in [0.2, 0.25) is 0 Å². The Bertz CT molecular complexity index is 2520. The fourth-order valence-corrected chi connectivity index (χ4v) is 8.05. The molecule has 0 radical (unpaired) electrons. The van der Waals surface area contributed by atoms with E-state index in [-0.39, 0.29) is 101 Å². The van der Waals surface area contributed by atoms with Crippen LogP contribution in [0.25, 0.3) is 0 Å². The lowest BCUT2D eigenvalue weighted by molar-refractivity contribution is -0.140. The molecule has 25 heteroatoms. The van der Waals surface area contributed by atoms with Crippen LogP contribution in [-0.2, 0) is 62.4 Å². The number of nitrogens with zero attached hydrogens (tertiary/aromatic N) is 3. The fourth-order valence-electron chi connectivity index (χ4n) is 8.05. The van der Waals surface area contributed by atoms with Gasteiger partial charge in [0.15, 0.2) is 11.9 Å². The van der Waals surface area contributed by atoms with Crippen molar-refractivity contribution in [2.24, 2.45) is 44.6 Å². The van der Waals surface area contributed by atoms with E-state index in [1.54, 1.807) is 72.8 Å². The van der Waals surface area contributed by atoms with Gasteiger partial charge in [-0.05, 0) is 66.8 Å². The van der Waals surface area contributed by atoms with Crippen LogP contribution in [0, 0.1) is 5.92 Å². The third kappa shape index (κ3) is 24.7. The molecule has 0 fully saturated rings. The highest BCUT2D eigenvalue weighted by atomic mass is 16.3. The van der Waals surface area contributed by atoms with Gasteiger partial charge < -0.3 is 75.9 Å². The Morgan fingerprint density at radius 2 is 0.949 bits per heavy atom. The number of phenolic OH excluding ortho intramolecular Hbond substituents is 1. The number of rotatable bonds is 33. The van der Waals surface area contributed by atoms with E-state index in [2.05, 4.69) is 47.2 Å². The van der Waals surface area contributed by atoms with Gasteiger partial charge in [-0.1, -0.05) is 86.6 Å². The molecule has 78 heavy (non-hydrogen) atoms. The number of nitrogens with one attached hydrogen (secondary N) is 7. The molecule has 6 atom stereocenters. The molecule has 3 rings (SSSR count). The SMILES string of the molecule is CC(=O)NCCN(CC(=O)N[C@@H](CCCN=C(N)N)C(=O)N[C@@H](CC(C)C)C(N)=O)C(=O)[C@@H](Cc1ccccc1)NC(=O)[C@H](Cc1ccccc1)NC(=O)[C@H](Cc1ccc(O)cc1)NC(=O)[C@H](CCCN=C(N)N)NC(C)=O. The first-order chi connectivity index (χ1) is 37.0. The van der Waals surface area contributed by atoms with Gasteiger partial charge in [0.25, 0.3) is 0 Å². The van der Waals surface area contributed by atoms with Crippen molar-refractivity contribution < 1.29 is 48.3 Å². The van der Waals surface area contributed by atoms with Crippen LogP contribution in [0.3, 0.4) is 0 Å². The molecule has 0 saturated heterocycles. The Kier molecular flexibility index (Phi) is 27.1. The van der Waals surface area contributed by atoms with Gasteiger partial charge in [0, 0.05) is 59.3 Å². The molecule has 0 spiro atoms. The topological polar surface area (TPSA) is 416 Å². The molecule has 3 aromatic carbocycles. The minimum atomic E-state index is -1.42. The molecule has 0 aliphatic heterocycles. The molecular formula is C53H77N15O10. The lowest BCUT2D eigenvalue weighted by Gasteiger charge is -2.30. The van der Waals surface area contributed by atoms with Crippen molar-refractivity contribution in [1.29, 1.82) is 0 Å². The Hall–Kier alpha value is -8.77. The first kappa shape index (κ1) is 63.5. The predicted molar refractivity (Wildman–Crippen MR) is 293 cm³/mol. The van der Waals surface area contributed by atoms with E-state index in [1.807, 2.05) is 13.8 Å². The van der Waals surface area contributed by atoms with E-state index in [9.17, 15) is 48.3 Å². The van der Waals surface area contributed by atoms with Gasteiger partial charge in [-0.15, -0.1) is 0 Å². The number of amides is 9. The zero-order valence-electron chi connectivity index (χ0n) is 44.7. The van der Waals surface area contributed by atoms with Gasteiger partial charge in [-0.2, -0.15) is 0 Å². The van der Waals surface area contributed by atoms with Crippen molar-refractivity contribution in [1.82, 2.24) is 42.1 Å². The van der Waals surface area contributed by atoms with Crippen LogP contribution in [0.15, 0.2) is 94.9 Å². The van der Waals surface area contributed by atoms with E-state index in [4.69, 9.17) is 28.7 Å². The van der Waals surface area contributed by atoms with E-state index in [0.717, 1.165) is 4.90 Å². The number of carbonyl (C=O) groups is 9. The summed E-state index contributed by atoms with van der Waals surface area (Å²) in [6.45, 7) is 5.36. The fraction of sp³-hybridized carbons (Fsp3) is 0.453. The van der Waals surface area contributed by atoms with Gasteiger partial charge in [0.2, 0.25) is 53.2 Å². The molecule has 0 heterocycles. The van der Waals surface area contributed by atoms with Crippen molar-refractivity contribution in [3.05, 3.63) is 102 Å². The highest BCUT2D eigenvalue weighted by Crippen LogP contribution is 2.15. The zero-order chi connectivity index (χ0) is 57.7. The second kappa shape index (κ2) is 33.3. The van der Waals surface area contributed by atoms with Crippen LogP contribution in [0.1, 0.15) is 76.5 Å². The monoisotopic (exact) mass is 1080 g/mol. The lowest BCUT2D eigenvalue weighted by atomic mass is 10.0. The van der Waals surface area contributed by atoms with Crippen molar-refractivity contribution in [3.8, 4) is 5.75 Å². The van der Waals surface area contributed by atoms with Crippen LogP contribution in [-0.4, -0.2) is 144 Å². The Labute approximate surface area is 454 Å². The predicted octanol–water partition coefficient (Wildman–Crippen LogP) is -2.05. The standard InChI is InChI=1S/C53H77N15O10/c1-32(2)27-41(46(54)73)64-48(75)40(18-12-24-61-53(57)58)63-45(72)31-68(26-25-59-33(3)69)51(78)44(30-36-15-9-6-10-16-36)67-50(77)42(28-35-13-7-5-8-14-35)66-49(76)43(29-37-19-21-38(71)22-20-37)65-47(74)39(62-34(4)70)17-11-23-60-52(55)56/h5-10,13-16,19-22,32,39-44,71H,11-12,17-18,23-31H2,1-4H3,(H2,54,73)(H,59,69)(H,62,70)(H,63,72)(H,64,75)(H,65,74)(H,66,76)(H,67,77)(H4,55,56,60)(H4,57,58,61)/t39-,40-,41-,42-,43-,44+/m0/s1. The van der Waals surface area contributed by atoms with Crippen LogP contribution in [0.5, 0.6) is 5.75 Å². The molecule has 0 unspecified atom stereocenters. The number of guanidine groups is 2. The third-order valence-electron chi connectivity index (χ3n) is 11.8. The van der Waals surface area contributed by atoms with Gasteiger partial charge >= 0.3 is 0 Å². The summed E-state index contributed by atoms with van der Waals surface area (Å²) in [5, 5.41) is 28.8. The summed E-state index contributed by atoms with van der Waals surface area (Å²) in [5.74, 6) is -6.88. The Balaban J connectivity index is 2.06. The number of nitrogens with two attached hydrogens (primary N) is 5. The summed E-state index contributed by atoms with van der Waals surface area (Å²) in [6, 6.07) is 15.6. The Morgan fingerprint density at radius 3 is 1.38 bits per heavy atom. The molecular weight excluding hydrogens is 1010 g/mol. The van der Waals surface area contributed by atoms with E-state index < -0.39 is 96.0 Å². The van der Waals surface area contributed by atoms with Crippen molar-refractivity contribution in [2.75, 3.05) is 32.7 Å². The van der Waals surface area contributed by atoms with Gasteiger partial charge in [-0.25, -0.2) is 0 Å². The van der Waals surface area contributed by atoms with E-state index >= 15 is 0 Å². The molecule has 0 bridgehead atoms. The normalized spacial score (nSPS) is 13.1. The average molecular weight is 1080 g/mol. The average Bonchev–Trinajstić information content (AvgIpc) is 3.38. The third-order valence-corrected chi connectivity index (χ3v) is 11.8. The van der Waals surface area contributed by atoms with Crippen LogP contribution < -0.4 is 65.9 Å². The van der Waals surface area contributed by atoms with Gasteiger partial charge in [0.1, 0.15) is 42.0 Å². The number of primary amides is 1. The first-order valence-electron chi connectivity index (χ1n) is 25.6. The largest absolute Gasteiger partial charge is 0.508 e. The Morgan fingerprint density at radius 1 is 0.526 bits per heavy atom. The van der Waals surface area contributed by atoms with E-state index in [1.165, 1.54) is 26.0 Å². The number of hydrogen-bond donors (Lipinski definition) is 13. The molecule has 25 nitrogen and oxygen atoms in total. The molecule has 9 amide bonds. The summed E-state index contributed by atoms with van der Waals surface area (Å²) >= 11 is 0. The summed E-state index contributed by atoms with van der Waals surface area (Å²) < 4.78 is 0. The smallest absolute Gasteiger partial charge is 0.246 e. The number of hydrogen-bond acceptors (Lipinski definition) is 12. The summed E-state index contributed by atoms with van der Waals surface area (Å²) in [5.41, 5.74) is 29.2. The first-order valence-corrected chi connectivity index (χ1v) is 25.6. The molecule has 18 N–H and O–H groups in total. The zero-order valence-corrected chi connectivity index (χ0v) is 44.7. The highest BCUT2D eigenvalue weighted by molar-refractivity contribution is 5.97. The highest BCUT2D eigenvalue weighted by Gasteiger charge is 2.34. The minimum Gasteiger partial charge on any atom is -0.508 e. The molecule has 424 valence electrons. The van der Waals surface area contributed by atoms with Crippen molar-refractivity contribution >= 4 is 65.1 Å². The summed E-state index contributed by atoms with van der Waals surface area (Å²) in [7, 11) is 0. The molecule has 0 aliphatic rings. The molecule has 3 aromatic rings. The maximum absolute atomic E-state index is 15.0. The lowest BCUT2D eigenvalue weighted by Crippen LogP contribution is -2.60. The van der Waals surface area contributed by atoms with Crippen molar-refractivity contribution in [3.63, 3.8) is 0 Å². The van der Waals surface area contributed by atoms with Gasteiger partial charge in [0.05, 0.1) is 6.54 Å². The number of aromatic hydroxyl groups is 1. The van der Waals surface area contributed by atoms with Crippen LogP contribution in [0.4, 0.5) is 0 Å². The quantitative estimate of drug-likeness (QED) is 0.0178. The molecule has 0 saturated carbocycles. The maximum atomic E-state index is 15.0. The van der Waals surface area contributed by atoms with E-state index in [0.29, 0.717) is 16.7 Å². The van der Waals surface area contributed by atoms with Crippen molar-refractivity contribution in [2.45, 2.75) is 115 Å². The summed E-state index contributed by atoms with van der Waals surface area (Å²) in [4.78, 5) is 132. The second-order valence-electron chi connectivity index (χ2n) is 19.0. The number of carbonyl (C=O) groups excluding carboxylic acids is 9. The van der Waals surface area contributed by atoms with Crippen LogP contribution >= 0.6 is 0 Å². The van der Waals surface area contributed by atoms with Gasteiger partial charge in [-0.3, -0.25) is 53.1 Å². The number of benzene rings is 3. The minimum absolute atomic E-state index is 0.00137.